The second kappa shape index (κ2) is 6.44. The first-order valence-corrected chi connectivity index (χ1v) is 6.27. The highest BCUT2D eigenvalue weighted by atomic mass is 16.3. The number of aliphatic hydroxyl groups is 1. The number of urea groups is 1. The fraction of sp³-hybridized carbons (Fsp3) is 0.615. The van der Waals surface area contributed by atoms with Crippen molar-refractivity contribution in [2.75, 3.05) is 6.61 Å². The maximum atomic E-state index is 11.7. The van der Waals surface area contributed by atoms with Gasteiger partial charge >= 0.3 is 6.03 Å². The predicted molar refractivity (Wildman–Crippen MR) is 71.2 cm³/mol. The number of carbonyl (C=O) groups is 1. The Morgan fingerprint density at radius 1 is 1.56 bits per heavy atom. The van der Waals surface area contributed by atoms with Crippen LogP contribution in [-0.4, -0.2) is 27.9 Å². The normalized spacial score (nSPS) is 14.0. The number of hydrogen-bond acceptors (Lipinski definition) is 2. The molecule has 0 radical (unpaired) electrons. The summed E-state index contributed by atoms with van der Waals surface area (Å²) >= 11 is 0. The average Bonchev–Trinajstić information content (AvgIpc) is 2.73. The van der Waals surface area contributed by atoms with Crippen molar-refractivity contribution >= 4 is 6.03 Å². The molecule has 1 heterocycles. The molecule has 102 valence electrons. The van der Waals surface area contributed by atoms with Crippen molar-refractivity contribution in [2.45, 2.75) is 38.8 Å². The second-order valence-electron chi connectivity index (χ2n) is 4.96. The number of nitrogens with one attached hydrogen (secondary N) is 2. The van der Waals surface area contributed by atoms with Crippen LogP contribution in [0.1, 0.15) is 32.3 Å². The Hall–Kier alpha value is -1.49. The van der Waals surface area contributed by atoms with E-state index >= 15 is 0 Å². The molecular formula is C13H23N3O2. The van der Waals surface area contributed by atoms with Crippen LogP contribution in [0.25, 0.3) is 0 Å². The highest BCUT2D eigenvalue weighted by molar-refractivity contribution is 5.74. The van der Waals surface area contributed by atoms with Crippen molar-refractivity contribution in [3.05, 3.63) is 24.0 Å². The lowest BCUT2D eigenvalue weighted by Crippen LogP contribution is -2.52. The fourth-order valence-electron chi connectivity index (χ4n) is 1.90. The molecule has 1 aromatic rings. The van der Waals surface area contributed by atoms with E-state index in [1.807, 2.05) is 43.9 Å². The molecule has 1 unspecified atom stereocenters. The lowest BCUT2D eigenvalue weighted by molar-refractivity contribution is 0.163. The van der Waals surface area contributed by atoms with Crippen molar-refractivity contribution in [1.29, 1.82) is 0 Å². The van der Waals surface area contributed by atoms with Crippen LogP contribution in [0.5, 0.6) is 0 Å². The van der Waals surface area contributed by atoms with E-state index in [2.05, 4.69) is 10.6 Å². The summed E-state index contributed by atoms with van der Waals surface area (Å²) in [5, 5.41) is 14.9. The first kappa shape index (κ1) is 14.6. The molecule has 1 atom stereocenters. The van der Waals surface area contributed by atoms with Crippen LogP contribution >= 0.6 is 0 Å². The van der Waals surface area contributed by atoms with Crippen molar-refractivity contribution in [2.24, 2.45) is 7.05 Å². The first-order chi connectivity index (χ1) is 8.49. The number of hydrogen-bond donors (Lipinski definition) is 3. The molecule has 1 aromatic heterocycles. The highest BCUT2D eigenvalue weighted by Crippen LogP contribution is 2.10. The van der Waals surface area contributed by atoms with E-state index in [4.69, 9.17) is 0 Å². The summed E-state index contributed by atoms with van der Waals surface area (Å²) in [6.07, 6.45) is 5.56. The van der Waals surface area contributed by atoms with Crippen LogP contribution in [0.15, 0.2) is 18.5 Å². The van der Waals surface area contributed by atoms with E-state index in [0.717, 1.165) is 18.4 Å². The molecule has 0 spiro atoms. The Bertz CT molecular complexity index is 389. The van der Waals surface area contributed by atoms with Gasteiger partial charge in [0.2, 0.25) is 0 Å². The van der Waals surface area contributed by atoms with Crippen LogP contribution < -0.4 is 10.6 Å². The molecule has 0 saturated heterocycles. The SMILES string of the molecule is CCCC(C)(CO)NC(=O)NCc1ccn(C)c1. The van der Waals surface area contributed by atoms with Gasteiger partial charge in [-0.1, -0.05) is 13.3 Å². The monoisotopic (exact) mass is 253 g/mol. The maximum Gasteiger partial charge on any atom is 0.315 e. The first-order valence-electron chi connectivity index (χ1n) is 6.27. The summed E-state index contributed by atoms with van der Waals surface area (Å²) in [5.41, 5.74) is 0.504. The topological polar surface area (TPSA) is 66.3 Å². The molecular weight excluding hydrogens is 230 g/mol. The van der Waals surface area contributed by atoms with Gasteiger partial charge in [0, 0.05) is 26.0 Å². The fourth-order valence-corrected chi connectivity index (χ4v) is 1.90. The van der Waals surface area contributed by atoms with Crippen molar-refractivity contribution in [1.82, 2.24) is 15.2 Å². The number of aliphatic hydroxyl groups excluding tert-OH is 1. The largest absolute Gasteiger partial charge is 0.394 e. The molecule has 0 fully saturated rings. The number of amides is 2. The summed E-state index contributed by atoms with van der Waals surface area (Å²) in [6, 6.07) is 1.71. The zero-order valence-electron chi connectivity index (χ0n) is 11.4. The minimum absolute atomic E-state index is 0.0560. The van der Waals surface area contributed by atoms with E-state index in [9.17, 15) is 9.90 Å². The smallest absolute Gasteiger partial charge is 0.315 e. The molecule has 5 nitrogen and oxygen atoms in total. The predicted octanol–water partition coefficient (Wildman–Crippen LogP) is 1.38. The van der Waals surface area contributed by atoms with Crippen molar-refractivity contribution < 1.29 is 9.90 Å². The summed E-state index contributed by atoms with van der Waals surface area (Å²) < 4.78 is 1.93. The second-order valence-corrected chi connectivity index (χ2v) is 4.96. The minimum Gasteiger partial charge on any atom is -0.394 e. The number of aryl methyl sites for hydroxylation is 1. The third kappa shape index (κ3) is 4.41. The van der Waals surface area contributed by atoms with Gasteiger partial charge in [-0.25, -0.2) is 4.79 Å². The summed E-state index contributed by atoms with van der Waals surface area (Å²) in [4.78, 5) is 11.7. The molecule has 1 rings (SSSR count). The molecule has 0 aliphatic heterocycles. The summed E-state index contributed by atoms with van der Waals surface area (Å²) in [5.74, 6) is 0. The Morgan fingerprint density at radius 2 is 2.28 bits per heavy atom. The summed E-state index contributed by atoms with van der Waals surface area (Å²) in [6.45, 7) is 4.30. The van der Waals surface area contributed by atoms with E-state index in [1.54, 1.807) is 0 Å². The van der Waals surface area contributed by atoms with Crippen LogP contribution in [-0.2, 0) is 13.6 Å². The minimum atomic E-state index is -0.546. The lowest BCUT2D eigenvalue weighted by atomic mass is 9.98. The molecule has 18 heavy (non-hydrogen) atoms. The molecule has 0 saturated carbocycles. The van der Waals surface area contributed by atoms with Crippen molar-refractivity contribution in [3.63, 3.8) is 0 Å². The van der Waals surface area contributed by atoms with Crippen LogP contribution in [0.3, 0.4) is 0 Å². The Kier molecular flexibility index (Phi) is 5.22. The third-order valence-corrected chi connectivity index (χ3v) is 2.91. The van der Waals surface area contributed by atoms with E-state index in [1.165, 1.54) is 0 Å². The lowest BCUT2D eigenvalue weighted by Gasteiger charge is -2.28. The third-order valence-electron chi connectivity index (χ3n) is 2.91. The van der Waals surface area contributed by atoms with Gasteiger partial charge in [0.25, 0.3) is 0 Å². The molecule has 3 N–H and O–H groups in total. The molecule has 0 bridgehead atoms. The maximum absolute atomic E-state index is 11.7. The molecule has 0 aromatic carbocycles. The standard InChI is InChI=1S/C13H23N3O2/c1-4-6-13(2,10-17)15-12(18)14-8-11-5-7-16(3)9-11/h5,7,9,17H,4,6,8,10H2,1-3H3,(H2,14,15,18). The van der Waals surface area contributed by atoms with E-state index in [-0.39, 0.29) is 12.6 Å². The number of carbonyl (C=O) groups excluding carboxylic acids is 1. The van der Waals surface area contributed by atoms with Gasteiger partial charge in [-0.3, -0.25) is 0 Å². The Balaban J connectivity index is 2.41. The van der Waals surface area contributed by atoms with Gasteiger partial charge in [0.05, 0.1) is 12.1 Å². The number of nitrogens with zero attached hydrogens (tertiary/aromatic N) is 1. The number of aromatic nitrogens is 1. The zero-order valence-corrected chi connectivity index (χ0v) is 11.4. The van der Waals surface area contributed by atoms with Crippen molar-refractivity contribution in [3.8, 4) is 0 Å². The van der Waals surface area contributed by atoms with Gasteiger partial charge in [-0.2, -0.15) is 0 Å². The van der Waals surface area contributed by atoms with Crippen LogP contribution in [0, 0.1) is 0 Å². The van der Waals surface area contributed by atoms with Gasteiger partial charge < -0.3 is 20.3 Å². The molecule has 5 heteroatoms. The average molecular weight is 253 g/mol. The zero-order chi connectivity index (χ0) is 13.6. The Morgan fingerprint density at radius 3 is 2.78 bits per heavy atom. The molecule has 0 aliphatic carbocycles. The summed E-state index contributed by atoms with van der Waals surface area (Å²) in [7, 11) is 1.94. The van der Waals surface area contributed by atoms with Gasteiger partial charge in [0.15, 0.2) is 0 Å². The van der Waals surface area contributed by atoms with Gasteiger partial charge in [0.1, 0.15) is 0 Å². The van der Waals surface area contributed by atoms with Gasteiger partial charge in [-0.15, -0.1) is 0 Å². The highest BCUT2D eigenvalue weighted by Gasteiger charge is 2.24. The molecule has 2 amide bonds. The van der Waals surface area contributed by atoms with E-state index < -0.39 is 5.54 Å². The van der Waals surface area contributed by atoms with E-state index in [0.29, 0.717) is 6.54 Å². The molecule has 0 aliphatic rings. The quantitative estimate of drug-likeness (QED) is 0.717. The van der Waals surface area contributed by atoms with Gasteiger partial charge in [-0.05, 0) is 25.0 Å². The van der Waals surface area contributed by atoms with Crippen LogP contribution in [0.2, 0.25) is 0 Å². The van der Waals surface area contributed by atoms with Crippen LogP contribution in [0.4, 0.5) is 4.79 Å². The Labute approximate surface area is 108 Å². The number of rotatable bonds is 6.